The van der Waals surface area contributed by atoms with Crippen molar-refractivity contribution >= 4 is 72.2 Å². The van der Waals surface area contributed by atoms with Crippen molar-refractivity contribution in [3.05, 3.63) is 65.0 Å². The number of hydrogen-bond acceptors (Lipinski definition) is 8. The molecule has 1 aliphatic carbocycles. The number of rotatable bonds is 6. The number of nitrogens with zero attached hydrogens (tertiary/aromatic N) is 7. The Labute approximate surface area is 248 Å². The van der Waals surface area contributed by atoms with Crippen LogP contribution < -0.4 is 15.5 Å². The van der Waals surface area contributed by atoms with Crippen LogP contribution >= 0.6 is 23.4 Å². The van der Waals surface area contributed by atoms with Crippen LogP contribution in [0.3, 0.4) is 0 Å². The van der Waals surface area contributed by atoms with Gasteiger partial charge in [-0.1, -0.05) is 29.4 Å². The van der Waals surface area contributed by atoms with Crippen molar-refractivity contribution in [2.24, 2.45) is 11.1 Å². The van der Waals surface area contributed by atoms with Gasteiger partial charge in [-0.25, -0.2) is 15.0 Å². The average Bonchev–Trinajstić information content (AvgIpc) is 3.51. The average molecular weight is 560 g/mol. The molecule has 194 valence electrons. The number of fused-ring (bicyclic) bond motifs is 2. The predicted molar refractivity (Wildman–Crippen MR) is 163 cm³/mol. The highest BCUT2D eigenvalue weighted by Gasteiger charge is 2.47. The van der Waals surface area contributed by atoms with E-state index >= 15 is 0 Å². The molecule has 0 bridgehead atoms. The Kier molecular flexibility index (Phi) is 7.34. The minimum absolute atomic E-state index is 0.00801. The molecule has 4 aromatic heterocycles. The van der Waals surface area contributed by atoms with Gasteiger partial charge in [0, 0.05) is 54.5 Å². The number of aromatic nitrogens is 5. The molecule has 0 saturated carbocycles. The quantitative estimate of drug-likeness (QED) is 0.361. The van der Waals surface area contributed by atoms with Gasteiger partial charge in [0.1, 0.15) is 5.82 Å². The second kappa shape index (κ2) is 10.7. The summed E-state index contributed by atoms with van der Waals surface area (Å²) in [5, 5.41) is 0.340. The third-order valence-corrected chi connectivity index (χ3v) is 9.80. The van der Waals surface area contributed by atoms with E-state index in [-0.39, 0.29) is 11.5 Å². The highest BCUT2D eigenvalue weighted by molar-refractivity contribution is 7.99. The molecule has 1 atom stereocenters. The molecule has 6 rings (SSSR count). The van der Waals surface area contributed by atoms with Gasteiger partial charge >= 0.3 is 0 Å². The fraction of sp³-hybridized carbons (Fsp3) is 0.385. The SMILES string of the molecule is [B]C([B])N(c1nccc(Sc2c(C)nc(N3CCC4(CC3)Cc3ncccc3[C@H]4N)n3ccnc23)c1Cl)C([B])[B]. The standard InChI is InChI=1S/C26H25B4ClN8S/c1-14-19(40-17-4-8-34-21(18(17)31)39(23(27)28)24(29)30)22-35-9-12-38(22)25(36-14)37-10-5-26(6-11-37)13-16-15(20(26)32)3-2-7-33-16/h2-4,7-9,12,20,23-24H,5-6,10-11,13,32H2,1H3/t20-/m1/s1. The van der Waals surface area contributed by atoms with Crippen molar-refractivity contribution in [3.63, 3.8) is 0 Å². The summed E-state index contributed by atoms with van der Waals surface area (Å²) in [7, 11) is 23.5. The molecular weight excluding hydrogens is 535 g/mol. The van der Waals surface area contributed by atoms with Crippen LogP contribution in [-0.4, -0.2) is 80.5 Å². The molecule has 1 fully saturated rings. The smallest absolute Gasteiger partial charge is 0.211 e. The number of hydrogen-bond donors (Lipinski definition) is 1. The summed E-state index contributed by atoms with van der Waals surface area (Å²) >= 11 is 8.20. The maximum atomic E-state index is 6.77. The zero-order chi connectivity index (χ0) is 28.2. The van der Waals surface area contributed by atoms with E-state index in [1.165, 1.54) is 22.2 Å². The van der Waals surface area contributed by atoms with E-state index < -0.39 is 11.7 Å². The molecule has 0 aromatic carbocycles. The van der Waals surface area contributed by atoms with Gasteiger partial charge in [0.15, 0.2) is 5.65 Å². The maximum absolute atomic E-state index is 6.77. The number of aryl methyl sites for hydroxylation is 1. The normalized spacial score (nSPS) is 18.2. The van der Waals surface area contributed by atoms with Crippen molar-refractivity contribution in [2.45, 2.75) is 53.7 Å². The number of piperidine rings is 1. The molecule has 4 aromatic rings. The van der Waals surface area contributed by atoms with E-state index in [1.807, 2.05) is 35.9 Å². The predicted octanol–water partition coefficient (Wildman–Crippen LogP) is 2.52. The fourth-order valence-corrected chi connectivity index (χ4v) is 7.24. The lowest BCUT2D eigenvalue weighted by Crippen LogP contribution is -2.45. The highest BCUT2D eigenvalue weighted by atomic mass is 35.5. The molecule has 5 heterocycles. The number of pyridine rings is 2. The van der Waals surface area contributed by atoms with Gasteiger partial charge in [-0.05, 0) is 61.0 Å². The van der Waals surface area contributed by atoms with E-state index in [1.54, 1.807) is 12.4 Å². The van der Waals surface area contributed by atoms with Gasteiger partial charge in [-0.2, -0.15) is 0 Å². The Morgan fingerprint density at radius 2 is 1.82 bits per heavy atom. The lowest BCUT2D eigenvalue weighted by Gasteiger charge is -2.42. The van der Waals surface area contributed by atoms with Crippen molar-refractivity contribution in [1.82, 2.24) is 24.3 Å². The Bertz CT molecular complexity index is 1550. The third-order valence-electron chi connectivity index (χ3n) is 8.07. The molecule has 0 unspecified atom stereocenters. The molecule has 8 radical (unpaired) electrons. The van der Waals surface area contributed by atoms with Crippen LogP contribution in [0.4, 0.5) is 11.8 Å². The summed E-state index contributed by atoms with van der Waals surface area (Å²) in [5.74, 6) is -0.773. The monoisotopic (exact) mass is 560 g/mol. The van der Waals surface area contributed by atoms with Crippen LogP contribution in [0.2, 0.25) is 5.02 Å². The third kappa shape index (κ3) is 4.60. The second-order valence-electron chi connectivity index (χ2n) is 10.4. The van der Waals surface area contributed by atoms with Gasteiger partial charge in [0.25, 0.3) is 0 Å². The second-order valence-corrected chi connectivity index (χ2v) is 11.9. The first-order valence-corrected chi connectivity index (χ1v) is 14.3. The summed E-state index contributed by atoms with van der Waals surface area (Å²) in [6, 6.07) is 5.92. The van der Waals surface area contributed by atoms with E-state index in [0.717, 1.165) is 65.1 Å². The summed E-state index contributed by atoms with van der Waals surface area (Å²) in [6.07, 6.45) is 10.1. The van der Waals surface area contributed by atoms with Crippen LogP contribution in [0.1, 0.15) is 35.8 Å². The molecule has 2 N–H and O–H groups in total. The Morgan fingerprint density at radius 1 is 1.07 bits per heavy atom. The highest BCUT2D eigenvalue weighted by Crippen LogP contribution is 2.50. The van der Waals surface area contributed by atoms with Gasteiger partial charge in [-0.15, -0.1) is 0 Å². The molecule has 2 aliphatic rings. The minimum Gasteiger partial charge on any atom is -0.384 e. The fourth-order valence-electron chi connectivity index (χ4n) is 5.95. The van der Waals surface area contributed by atoms with E-state index in [0.29, 0.717) is 10.8 Å². The molecule has 1 spiro atoms. The van der Waals surface area contributed by atoms with E-state index in [2.05, 4.69) is 25.9 Å². The van der Waals surface area contributed by atoms with Gasteiger partial charge in [-0.3, -0.25) is 9.38 Å². The van der Waals surface area contributed by atoms with E-state index in [4.69, 9.17) is 53.7 Å². The summed E-state index contributed by atoms with van der Waals surface area (Å²) in [4.78, 5) is 23.9. The molecule has 8 nitrogen and oxygen atoms in total. The number of anilines is 2. The topological polar surface area (TPSA) is 88.5 Å². The first kappa shape index (κ1) is 27.5. The summed E-state index contributed by atoms with van der Waals surface area (Å²) in [5.41, 5.74) is 10.8. The van der Waals surface area contributed by atoms with Crippen LogP contribution in [0.25, 0.3) is 5.65 Å². The number of nitrogens with two attached hydrogens (primary N) is 1. The first-order chi connectivity index (χ1) is 19.2. The zero-order valence-corrected chi connectivity index (χ0v) is 23.7. The molecule has 40 heavy (non-hydrogen) atoms. The Morgan fingerprint density at radius 3 is 2.52 bits per heavy atom. The molecule has 14 heteroatoms. The van der Waals surface area contributed by atoms with Crippen molar-refractivity contribution in [1.29, 1.82) is 0 Å². The molecule has 0 amide bonds. The van der Waals surface area contributed by atoms with Crippen LogP contribution in [0.15, 0.2) is 52.8 Å². The maximum Gasteiger partial charge on any atom is 0.211 e. The van der Waals surface area contributed by atoms with Crippen molar-refractivity contribution in [2.75, 3.05) is 22.9 Å². The Hall–Kier alpha value is -2.62. The van der Waals surface area contributed by atoms with Gasteiger partial charge in [0.05, 0.1) is 47.0 Å². The first-order valence-electron chi connectivity index (χ1n) is 13.1. The van der Waals surface area contributed by atoms with Crippen LogP contribution in [0.5, 0.6) is 0 Å². The minimum atomic E-state index is -0.972. The Balaban J connectivity index is 1.28. The van der Waals surface area contributed by atoms with Gasteiger partial charge in [0.2, 0.25) is 5.95 Å². The van der Waals surface area contributed by atoms with Crippen molar-refractivity contribution in [3.8, 4) is 0 Å². The lowest BCUT2D eigenvalue weighted by molar-refractivity contribution is 0.186. The van der Waals surface area contributed by atoms with Gasteiger partial charge < -0.3 is 15.5 Å². The molecule has 1 saturated heterocycles. The van der Waals surface area contributed by atoms with Crippen molar-refractivity contribution < 1.29 is 0 Å². The summed E-state index contributed by atoms with van der Waals surface area (Å²) < 4.78 is 2.03. The van der Waals surface area contributed by atoms with Crippen LogP contribution in [0, 0.1) is 12.3 Å². The zero-order valence-electron chi connectivity index (χ0n) is 22.1. The largest absolute Gasteiger partial charge is 0.384 e. The van der Waals surface area contributed by atoms with Crippen LogP contribution in [-0.2, 0) is 6.42 Å². The van der Waals surface area contributed by atoms with E-state index in [9.17, 15) is 0 Å². The lowest BCUT2D eigenvalue weighted by atomic mass is 9.69. The molecular formula is C26H25B4ClN8S. The summed E-state index contributed by atoms with van der Waals surface area (Å²) in [6.45, 7) is 3.68. The molecule has 1 aliphatic heterocycles. The number of imidazole rings is 1. The number of halogens is 1.